The van der Waals surface area contributed by atoms with E-state index < -0.39 is 60.2 Å². The third-order valence-corrected chi connectivity index (χ3v) is 6.90. The van der Waals surface area contributed by atoms with Crippen LogP contribution in [0.1, 0.15) is 124 Å². The van der Waals surface area contributed by atoms with Crippen LogP contribution in [0.4, 0.5) is 0 Å². The Hall–Kier alpha value is -3.02. The topological polar surface area (TPSA) is 211 Å². The second-order valence-corrected chi connectivity index (χ2v) is 11.6. The van der Waals surface area contributed by atoms with Crippen molar-refractivity contribution in [1.29, 1.82) is 0 Å². The number of hydrogen-bond donors (Lipinski definition) is 6. The number of unbranched alkanes of at least 4 members (excludes halogenated alkanes) is 9. The molecule has 0 aromatic rings. The number of nitrogens with two attached hydrogens (primary N) is 2. The summed E-state index contributed by atoms with van der Waals surface area (Å²) < 4.78 is 0. The number of rotatable bonds is 26. The lowest BCUT2D eigenvalue weighted by Gasteiger charge is -2.24. The molecule has 0 spiro atoms. The smallest absolute Gasteiger partial charge is 0.243 e. The number of carbonyl (C=O) groups is 6. The summed E-state index contributed by atoms with van der Waals surface area (Å²) in [6, 6.07) is -3.46. The first-order valence-corrected chi connectivity index (χ1v) is 15.5. The zero-order valence-electron chi connectivity index (χ0n) is 25.8. The molecule has 42 heavy (non-hydrogen) atoms. The fraction of sp³-hybridized carbons (Fsp3) is 0.800. The lowest BCUT2D eigenvalue weighted by atomic mass is 10.0. The van der Waals surface area contributed by atoms with Gasteiger partial charge in [0.1, 0.15) is 18.4 Å². The SMILES string of the molecule is CCCCCCCCCCCCC(O)CC(=O)NC(CC(N)=O)C(=O)NC(CCC(N)=O)C(=O)NC(C=O)CC(C)C. The van der Waals surface area contributed by atoms with Crippen molar-refractivity contribution in [2.24, 2.45) is 17.4 Å². The highest BCUT2D eigenvalue weighted by Crippen LogP contribution is 2.13. The van der Waals surface area contributed by atoms with Gasteiger partial charge in [0.25, 0.3) is 0 Å². The van der Waals surface area contributed by atoms with E-state index >= 15 is 0 Å². The van der Waals surface area contributed by atoms with E-state index in [1.807, 2.05) is 13.8 Å². The number of hydrogen-bond acceptors (Lipinski definition) is 7. The van der Waals surface area contributed by atoms with Crippen LogP contribution >= 0.6 is 0 Å². The van der Waals surface area contributed by atoms with Crippen molar-refractivity contribution in [1.82, 2.24) is 16.0 Å². The van der Waals surface area contributed by atoms with E-state index in [4.69, 9.17) is 11.5 Å². The summed E-state index contributed by atoms with van der Waals surface area (Å²) >= 11 is 0. The van der Waals surface area contributed by atoms with Gasteiger partial charge < -0.3 is 37.3 Å². The Kier molecular flexibility index (Phi) is 21.8. The average Bonchev–Trinajstić information content (AvgIpc) is 2.90. The Morgan fingerprint density at radius 2 is 1.26 bits per heavy atom. The quantitative estimate of drug-likeness (QED) is 0.0643. The van der Waals surface area contributed by atoms with Gasteiger partial charge in [0, 0.05) is 6.42 Å². The molecule has 4 unspecified atom stereocenters. The van der Waals surface area contributed by atoms with E-state index in [0.29, 0.717) is 19.1 Å². The number of amides is 5. The van der Waals surface area contributed by atoms with Gasteiger partial charge in [-0.25, -0.2) is 0 Å². The normalized spacial score (nSPS) is 13.9. The van der Waals surface area contributed by atoms with E-state index in [0.717, 1.165) is 25.7 Å². The Morgan fingerprint density at radius 1 is 0.714 bits per heavy atom. The summed E-state index contributed by atoms with van der Waals surface area (Å²) in [5, 5.41) is 17.7. The van der Waals surface area contributed by atoms with E-state index in [9.17, 15) is 33.9 Å². The van der Waals surface area contributed by atoms with Crippen molar-refractivity contribution in [3.05, 3.63) is 0 Å². The number of carbonyl (C=O) groups excluding carboxylic acids is 6. The number of aldehydes is 1. The molecule has 0 radical (unpaired) electrons. The molecule has 0 rings (SSSR count). The van der Waals surface area contributed by atoms with Crippen LogP contribution in [0.5, 0.6) is 0 Å². The lowest BCUT2D eigenvalue weighted by Crippen LogP contribution is -2.56. The number of aliphatic hydroxyl groups is 1. The van der Waals surface area contributed by atoms with Gasteiger partial charge in [0.2, 0.25) is 29.5 Å². The molecular weight excluding hydrogens is 542 g/mol. The number of primary amides is 2. The molecule has 12 heteroatoms. The molecular formula is C30H55N5O7. The van der Waals surface area contributed by atoms with Crippen molar-refractivity contribution in [3.63, 3.8) is 0 Å². The van der Waals surface area contributed by atoms with Gasteiger partial charge in [0.15, 0.2) is 0 Å². The summed E-state index contributed by atoms with van der Waals surface area (Å²) in [4.78, 5) is 72.8. The number of nitrogens with one attached hydrogen (secondary N) is 3. The minimum Gasteiger partial charge on any atom is -0.393 e. The molecule has 5 amide bonds. The van der Waals surface area contributed by atoms with Crippen LogP contribution in [0.3, 0.4) is 0 Å². The Balaban J connectivity index is 4.92. The molecule has 8 N–H and O–H groups in total. The summed E-state index contributed by atoms with van der Waals surface area (Å²) in [6.07, 6.45) is 10.8. The van der Waals surface area contributed by atoms with Crippen LogP contribution in [0.15, 0.2) is 0 Å². The van der Waals surface area contributed by atoms with Crippen LogP contribution in [0, 0.1) is 5.92 Å². The molecule has 12 nitrogen and oxygen atoms in total. The van der Waals surface area contributed by atoms with Crippen molar-refractivity contribution >= 4 is 35.8 Å². The van der Waals surface area contributed by atoms with Gasteiger partial charge >= 0.3 is 0 Å². The van der Waals surface area contributed by atoms with Gasteiger partial charge in [-0.05, 0) is 25.2 Å². The van der Waals surface area contributed by atoms with Crippen LogP contribution in [-0.4, -0.2) is 65.2 Å². The fourth-order valence-electron chi connectivity index (χ4n) is 4.61. The van der Waals surface area contributed by atoms with Crippen LogP contribution in [0.25, 0.3) is 0 Å². The maximum absolute atomic E-state index is 13.0. The second kappa shape index (κ2) is 23.5. The Labute approximate surface area is 250 Å². The van der Waals surface area contributed by atoms with Gasteiger partial charge in [-0.2, -0.15) is 0 Å². The zero-order valence-corrected chi connectivity index (χ0v) is 25.8. The maximum Gasteiger partial charge on any atom is 0.243 e. The van der Waals surface area contributed by atoms with Crippen LogP contribution in [0.2, 0.25) is 0 Å². The molecule has 0 saturated carbocycles. The summed E-state index contributed by atoms with van der Waals surface area (Å²) in [6.45, 7) is 5.95. The molecule has 0 aromatic carbocycles. The summed E-state index contributed by atoms with van der Waals surface area (Å²) in [5.74, 6) is -3.69. The van der Waals surface area contributed by atoms with E-state index in [1.54, 1.807) is 0 Å². The molecule has 242 valence electrons. The zero-order chi connectivity index (χ0) is 31.9. The van der Waals surface area contributed by atoms with Gasteiger partial charge in [-0.15, -0.1) is 0 Å². The molecule has 0 heterocycles. The highest BCUT2D eigenvalue weighted by molar-refractivity contribution is 5.95. The molecule has 4 atom stereocenters. The first-order valence-electron chi connectivity index (χ1n) is 15.5. The maximum atomic E-state index is 13.0. The van der Waals surface area contributed by atoms with E-state index in [-0.39, 0.29) is 25.2 Å². The predicted octanol–water partition coefficient (Wildman–Crippen LogP) is 1.89. The van der Waals surface area contributed by atoms with Crippen molar-refractivity contribution < 1.29 is 33.9 Å². The van der Waals surface area contributed by atoms with E-state index in [1.165, 1.54) is 38.5 Å². The monoisotopic (exact) mass is 597 g/mol. The molecule has 0 bridgehead atoms. The predicted molar refractivity (Wildman–Crippen MR) is 161 cm³/mol. The summed E-state index contributed by atoms with van der Waals surface area (Å²) in [5.41, 5.74) is 10.5. The lowest BCUT2D eigenvalue weighted by molar-refractivity contribution is -0.134. The van der Waals surface area contributed by atoms with Crippen molar-refractivity contribution in [2.45, 2.75) is 148 Å². The third-order valence-electron chi connectivity index (χ3n) is 6.90. The first kappa shape index (κ1) is 39.0. The van der Waals surface area contributed by atoms with Gasteiger partial charge in [-0.3, -0.25) is 24.0 Å². The highest BCUT2D eigenvalue weighted by atomic mass is 16.3. The molecule has 0 fully saturated rings. The minimum absolute atomic E-state index is 0.106. The summed E-state index contributed by atoms with van der Waals surface area (Å²) in [7, 11) is 0. The highest BCUT2D eigenvalue weighted by Gasteiger charge is 2.29. The first-order chi connectivity index (χ1) is 19.9. The standard InChI is InChI=1S/C30H55N5O7/c1-4-5-6-7-8-9-10-11-12-13-14-23(37)18-28(40)34-25(19-27(32)39)30(42)35-24(15-16-26(31)38)29(41)33-22(20-36)17-21(2)3/h20-25,37H,4-19H2,1-3H3,(H2,31,38)(H2,32,39)(H,33,41)(H,34,40)(H,35,42). The molecule has 0 aliphatic carbocycles. The Morgan fingerprint density at radius 3 is 1.76 bits per heavy atom. The Bertz CT molecular complexity index is 837. The third kappa shape index (κ3) is 20.8. The average molecular weight is 598 g/mol. The largest absolute Gasteiger partial charge is 0.393 e. The molecule has 0 aliphatic rings. The van der Waals surface area contributed by atoms with Crippen LogP contribution in [-0.2, 0) is 28.8 Å². The van der Waals surface area contributed by atoms with Crippen molar-refractivity contribution in [2.75, 3.05) is 0 Å². The number of aliphatic hydroxyl groups excluding tert-OH is 1. The van der Waals surface area contributed by atoms with Gasteiger partial charge in [-0.1, -0.05) is 85.0 Å². The van der Waals surface area contributed by atoms with E-state index in [2.05, 4.69) is 22.9 Å². The van der Waals surface area contributed by atoms with Gasteiger partial charge in [0.05, 0.1) is 25.0 Å². The van der Waals surface area contributed by atoms with Crippen molar-refractivity contribution in [3.8, 4) is 0 Å². The molecule has 0 saturated heterocycles. The van der Waals surface area contributed by atoms with Crippen LogP contribution < -0.4 is 27.4 Å². The second-order valence-electron chi connectivity index (χ2n) is 11.6. The fourth-order valence-corrected chi connectivity index (χ4v) is 4.61. The molecule has 0 aliphatic heterocycles. The molecule has 0 aromatic heterocycles. The minimum atomic E-state index is -1.40.